The fraction of sp³-hybridized carbons (Fsp3) is 0.647. The van der Waals surface area contributed by atoms with Crippen molar-refractivity contribution in [2.45, 2.75) is 43.7 Å². The summed E-state index contributed by atoms with van der Waals surface area (Å²) in [5.74, 6) is 0.892. The third kappa shape index (κ3) is 3.43. The van der Waals surface area contributed by atoms with Crippen molar-refractivity contribution < 1.29 is 4.74 Å². The van der Waals surface area contributed by atoms with Gasteiger partial charge in [-0.1, -0.05) is 18.9 Å². The Morgan fingerprint density at radius 2 is 2.00 bits per heavy atom. The first-order chi connectivity index (χ1) is 10.0. The molecule has 0 aromatic heterocycles. The number of nitrogens with zero attached hydrogens (tertiary/aromatic N) is 1. The Bertz CT molecular complexity index is 470. The molecule has 1 aromatic carbocycles. The number of likely N-dealkylation sites (N-methyl/N-ethyl adjacent to an activating group) is 2. The average molecular weight is 355 g/mol. The Kier molecular flexibility index (Phi) is 5.69. The topological polar surface area (TPSA) is 24.5 Å². The lowest BCUT2D eigenvalue weighted by Gasteiger charge is -2.43. The van der Waals surface area contributed by atoms with E-state index in [1.54, 1.807) is 7.11 Å². The van der Waals surface area contributed by atoms with Gasteiger partial charge in [-0.2, -0.15) is 0 Å². The summed E-state index contributed by atoms with van der Waals surface area (Å²) >= 11 is 3.59. The zero-order valence-electron chi connectivity index (χ0n) is 13.6. The molecule has 118 valence electrons. The van der Waals surface area contributed by atoms with E-state index in [0.717, 1.165) is 16.6 Å². The van der Waals surface area contributed by atoms with E-state index in [2.05, 4.69) is 59.4 Å². The van der Waals surface area contributed by atoms with Gasteiger partial charge in [0.2, 0.25) is 0 Å². The maximum absolute atomic E-state index is 5.32. The van der Waals surface area contributed by atoms with Gasteiger partial charge in [-0.05, 0) is 74.0 Å². The molecule has 0 amide bonds. The van der Waals surface area contributed by atoms with Crippen molar-refractivity contribution in [1.82, 2.24) is 10.2 Å². The highest BCUT2D eigenvalue weighted by Gasteiger charge is 2.42. The van der Waals surface area contributed by atoms with Crippen molar-refractivity contribution in [3.05, 3.63) is 28.2 Å². The minimum Gasteiger partial charge on any atom is -0.496 e. The lowest BCUT2D eigenvalue weighted by atomic mass is 9.83. The van der Waals surface area contributed by atoms with Crippen molar-refractivity contribution in [3.63, 3.8) is 0 Å². The van der Waals surface area contributed by atoms with Crippen LogP contribution in [0, 0.1) is 0 Å². The smallest absolute Gasteiger partial charge is 0.133 e. The van der Waals surface area contributed by atoms with Crippen LogP contribution in [-0.4, -0.2) is 44.7 Å². The predicted molar refractivity (Wildman–Crippen MR) is 92.1 cm³/mol. The molecule has 1 aliphatic rings. The summed E-state index contributed by atoms with van der Waals surface area (Å²) in [6, 6.07) is 6.87. The monoisotopic (exact) mass is 354 g/mol. The van der Waals surface area contributed by atoms with E-state index in [9.17, 15) is 0 Å². The Labute approximate surface area is 137 Å². The molecule has 2 rings (SSSR count). The van der Waals surface area contributed by atoms with Gasteiger partial charge >= 0.3 is 0 Å². The fourth-order valence-corrected chi connectivity index (χ4v) is 4.32. The van der Waals surface area contributed by atoms with Crippen LogP contribution in [0.4, 0.5) is 0 Å². The summed E-state index contributed by atoms with van der Waals surface area (Å²) in [6.45, 7) is 0. The lowest BCUT2D eigenvalue weighted by Crippen LogP contribution is -2.57. The summed E-state index contributed by atoms with van der Waals surface area (Å²) in [5.41, 5.74) is 1.62. The van der Waals surface area contributed by atoms with Gasteiger partial charge in [0.05, 0.1) is 11.6 Å². The van der Waals surface area contributed by atoms with Crippen molar-refractivity contribution in [3.8, 4) is 5.75 Å². The van der Waals surface area contributed by atoms with Crippen LogP contribution in [0.5, 0.6) is 5.75 Å². The normalized spacial score (nSPS) is 19.0. The standard InChI is InChI=1S/C17H27BrN2O/c1-19-16(17(20(2)3)9-5-6-10-17)12-13-7-8-15(21-4)14(18)11-13/h7-8,11,16,19H,5-6,9-10,12H2,1-4H3. The van der Waals surface area contributed by atoms with Gasteiger partial charge in [-0.15, -0.1) is 0 Å². The van der Waals surface area contributed by atoms with E-state index < -0.39 is 0 Å². The zero-order valence-corrected chi connectivity index (χ0v) is 15.2. The zero-order chi connectivity index (χ0) is 15.5. The molecule has 1 atom stereocenters. The largest absolute Gasteiger partial charge is 0.496 e. The molecule has 4 heteroatoms. The minimum atomic E-state index is 0.279. The first kappa shape index (κ1) is 16.8. The van der Waals surface area contributed by atoms with Crippen LogP contribution in [-0.2, 0) is 6.42 Å². The molecule has 1 unspecified atom stereocenters. The van der Waals surface area contributed by atoms with E-state index >= 15 is 0 Å². The molecule has 3 nitrogen and oxygen atoms in total. The number of rotatable bonds is 6. The second-order valence-electron chi connectivity index (χ2n) is 6.22. The Morgan fingerprint density at radius 3 is 2.48 bits per heavy atom. The van der Waals surface area contributed by atoms with E-state index in [1.807, 2.05) is 6.07 Å². The summed E-state index contributed by atoms with van der Waals surface area (Å²) in [7, 11) is 8.24. The summed E-state index contributed by atoms with van der Waals surface area (Å²) in [5, 5.41) is 3.57. The van der Waals surface area contributed by atoms with Crippen LogP contribution < -0.4 is 10.1 Å². The Morgan fingerprint density at radius 1 is 1.33 bits per heavy atom. The molecule has 0 radical (unpaired) electrons. The number of benzene rings is 1. The number of halogens is 1. The van der Waals surface area contributed by atoms with Gasteiger partial charge in [0, 0.05) is 11.6 Å². The van der Waals surface area contributed by atoms with Crippen molar-refractivity contribution in [2.75, 3.05) is 28.3 Å². The molecule has 1 aliphatic carbocycles. The average Bonchev–Trinajstić information content (AvgIpc) is 2.95. The molecule has 21 heavy (non-hydrogen) atoms. The maximum Gasteiger partial charge on any atom is 0.133 e. The molecule has 0 bridgehead atoms. The van der Waals surface area contributed by atoms with Gasteiger partial charge in [-0.25, -0.2) is 0 Å². The Balaban J connectivity index is 2.20. The summed E-state index contributed by atoms with van der Waals surface area (Å²) < 4.78 is 6.35. The number of methoxy groups -OCH3 is 1. The maximum atomic E-state index is 5.32. The molecular formula is C17H27BrN2O. The first-order valence-corrected chi connectivity index (χ1v) is 8.50. The van der Waals surface area contributed by atoms with Crippen LogP contribution in [0.1, 0.15) is 31.2 Å². The SMILES string of the molecule is CNC(Cc1ccc(OC)c(Br)c1)C1(N(C)C)CCCC1. The van der Waals surface area contributed by atoms with E-state index in [4.69, 9.17) is 4.74 Å². The van der Waals surface area contributed by atoms with Crippen LogP contribution in [0.2, 0.25) is 0 Å². The van der Waals surface area contributed by atoms with E-state index in [1.165, 1.54) is 31.2 Å². The highest BCUT2D eigenvalue weighted by Crippen LogP contribution is 2.38. The van der Waals surface area contributed by atoms with Gasteiger partial charge in [0.15, 0.2) is 0 Å². The number of nitrogens with one attached hydrogen (secondary N) is 1. The first-order valence-electron chi connectivity index (χ1n) is 7.70. The molecule has 1 aromatic rings. The van der Waals surface area contributed by atoms with Gasteiger partial charge in [0.25, 0.3) is 0 Å². The number of ether oxygens (including phenoxy) is 1. The predicted octanol–water partition coefficient (Wildman–Crippen LogP) is 3.46. The molecule has 1 N–H and O–H groups in total. The molecule has 0 heterocycles. The molecule has 0 saturated heterocycles. The molecule has 1 saturated carbocycles. The Hall–Kier alpha value is -0.580. The van der Waals surface area contributed by atoms with Gasteiger partial charge < -0.3 is 15.0 Å². The molecule has 0 aliphatic heterocycles. The van der Waals surface area contributed by atoms with Gasteiger partial charge in [0.1, 0.15) is 5.75 Å². The van der Waals surface area contributed by atoms with E-state index in [-0.39, 0.29) is 5.54 Å². The highest BCUT2D eigenvalue weighted by molar-refractivity contribution is 9.10. The van der Waals surface area contributed by atoms with Crippen LogP contribution in [0.3, 0.4) is 0 Å². The quantitative estimate of drug-likeness (QED) is 0.846. The van der Waals surface area contributed by atoms with Crippen molar-refractivity contribution >= 4 is 15.9 Å². The summed E-state index contributed by atoms with van der Waals surface area (Å²) in [4.78, 5) is 2.43. The number of hydrogen-bond donors (Lipinski definition) is 1. The fourth-order valence-electron chi connectivity index (χ4n) is 3.73. The second kappa shape index (κ2) is 7.12. The van der Waals surface area contributed by atoms with E-state index in [0.29, 0.717) is 6.04 Å². The van der Waals surface area contributed by atoms with Crippen molar-refractivity contribution in [2.24, 2.45) is 0 Å². The second-order valence-corrected chi connectivity index (χ2v) is 7.07. The third-order valence-corrected chi connectivity index (χ3v) is 5.63. The summed E-state index contributed by atoms with van der Waals surface area (Å²) in [6.07, 6.45) is 6.27. The molecular weight excluding hydrogens is 328 g/mol. The highest BCUT2D eigenvalue weighted by atomic mass is 79.9. The van der Waals surface area contributed by atoms with Crippen molar-refractivity contribution in [1.29, 1.82) is 0 Å². The molecule has 0 spiro atoms. The van der Waals surface area contributed by atoms with Crippen LogP contribution in [0.15, 0.2) is 22.7 Å². The molecule has 1 fully saturated rings. The van der Waals surface area contributed by atoms with Crippen LogP contribution >= 0.6 is 15.9 Å². The minimum absolute atomic E-state index is 0.279. The lowest BCUT2D eigenvalue weighted by molar-refractivity contribution is 0.108. The van der Waals surface area contributed by atoms with Crippen LogP contribution in [0.25, 0.3) is 0 Å². The van der Waals surface area contributed by atoms with Gasteiger partial charge in [-0.3, -0.25) is 0 Å². The third-order valence-electron chi connectivity index (χ3n) is 5.01. The number of hydrogen-bond acceptors (Lipinski definition) is 3.